The largest absolute Gasteiger partial charge is 0.465 e. The molecule has 1 aromatic rings. The Kier molecular flexibility index (Phi) is 3.98. The zero-order valence-corrected chi connectivity index (χ0v) is 12.3. The summed E-state index contributed by atoms with van der Waals surface area (Å²) in [7, 11) is 0. The molecule has 1 aliphatic heterocycles. The maximum absolute atomic E-state index is 12.5. The average molecular weight is 260 g/mol. The number of rotatable bonds is 4. The number of cyclic esters (lactones) is 1. The summed E-state index contributed by atoms with van der Waals surface area (Å²) in [6.07, 6.45) is 0.860. The van der Waals surface area contributed by atoms with Crippen molar-refractivity contribution in [3.05, 3.63) is 35.9 Å². The molecule has 104 valence electrons. The maximum Gasteiger partial charge on any atom is 0.317 e. The van der Waals surface area contributed by atoms with Gasteiger partial charge in [-0.05, 0) is 23.8 Å². The second-order valence-corrected chi connectivity index (χ2v) is 6.38. The fraction of sp³-hybridized carbons (Fsp3) is 0.588. The second kappa shape index (κ2) is 5.36. The van der Waals surface area contributed by atoms with Crippen LogP contribution in [0, 0.1) is 17.8 Å². The Morgan fingerprint density at radius 2 is 1.84 bits per heavy atom. The second-order valence-electron chi connectivity index (χ2n) is 6.38. The van der Waals surface area contributed by atoms with Crippen molar-refractivity contribution in [1.29, 1.82) is 0 Å². The minimum absolute atomic E-state index is 0.0360. The molecule has 0 spiro atoms. The van der Waals surface area contributed by atoms with Crippen molar-refractivity contribution in [2.45, 2.75) is 39.5 Å². The van der Waals surface area contributed by atoms with Crippen LogP contribution in [-0.2, 0) is 14.9 Å². The van der Waals surface area contributed by atoms with E-state index in [1.807, 2.05) is 18.2 Å². The third kappa shape index (κ3) is 2.41. The van der Waals surface area contributed by atoms with E-state index < -0.39 is 5.41 Å². The van der Waals surface area contributed by atoms with Gasteiger partial charge in [-0.2, -0.15) is 0 Å². The summed E-state index contributed by atoms with van der Waals surface area (Å²) in [5, 5.41) is 0. The average Bonchev–Trinajstić information content (AvgIpc) is 2.68. The van der Waals surface area contributed by atoms with Crippen molar-refractivity contribution in [2.75, 3.05) is 6.61 Å². The highest BCUT2D eigenvalue weighted by atomic mass is 16.5. The lowest BCUT2D eigenvalue weighted by atomic mass is 9.64. The van der Waals surface area contributed by atoms with Crippen LogP contribution >= 0.6 is 0 Å². The van der Waals surface area contributed by atoms with E-state index in [0.717, 1.165) is 12.0 Å². The first-order valence-corrected chi connectivity index (χ1v) is 7.21. The summed E-state index contributed by atoms with van der Waals surface area (Å²) in [6, 6.07) is 10.2. The van der Waals surface area contributed by atoms with E-state index in [2.05, 4.69) is 39.8 Å². The van der Waals surface area contributed by atoms with E-state index in [0.29, 0.717) is 18.4 Å². The zero-order valence-electron chi connectivity index (χ0n) is 12.3. The number of benzene rings is 1. The number of hydrogen-bond acceptors (Lipinski definition) is 2. The Bertz CT molecular complexity index is 436. The van der Waals surface area contributed by atoms with E-state index in [-0.39, 0.29) is 11.9 Å². The van der Waals surface area contributed by atoms with Crippen molar-refractivity contribution >= 4 is 5.97 Å². The molecule has 1 fully saturated rings. The van der Waals surface area contributed by atoms with Crippen molar-refractivity contribution in [3.8, 4) is 0 Å². The lowest BCUT2D eigenvalue weighted by molar-refractivity contribution is -0.143. The molecule has 0 radical (unpaired) electrons. The normalized spacial score (nSPS) is 27.1. The molecule has 0 aliphatic carbocycles. The van der Waals surface area contributed by atoms with Crippen LogP contribution in [0.4, 0.5) is 0 Å². The van der Waals surface area contributed by atoms with Crippen molar-refractivity contribution in [2.24, 2.45) is 17.8 Å². The van der Waals surface area contributed by atoms with Crippen LogP contribution in [-0.4, -0.2) is 12.6 Å². The molecule has 1 aliphatic rings. The topological polar surface area (TPSA) is 26.3 Å². The molecule has 0 bridgehead atoms. The van der Waals surface area contributed by atoms with E-state index in [1.54, 1.807) is 0 Å². The van der Waals surface area contributed by atoms with Gasteiger partial charge in [0, 0.05) is 5.92 Å². The molecule has 1 saturated heterocycles. The Hall–Kier alpha value is -1.31. The molecular formula is C17H24O2. The number of esters is 1. The van der Waals surface area contributed by atoms with Gasteiger partial charge >= 0.3 is 5.97 Å². The molecule has 0 saturated carbocycles. The van der Waals surface area contributed by atoms with Gasteiger partial charge in [0.1, 0.15) is 0 Å². The van der Waals surface area contributed by atoms with Crippen LogP contribution in [0.3, 0.4) is 0 Å². The lowest BCUT2D eigenvalue weighted by Crippen LogP contribution is -2.41. The molecule has 2 atom stereocenters. The Balaban J connectivity index is 2.52. The highest BCUT2D eigenvalue weighted by Gasteiger charge is 2.54. The van der Waals surface area contributed by atoms with Gasteiger partial charge in [0.25, 0.3) is 0 Å². The molecule has 0 amide bonds. The van der Waals surface area contributed by atoms with Gasteiger partial charge in [-0.25, -0.2) is 0 Å². The highest BCUT2D eigenvalue weighted by molar-refractivity contribution is 5.85. The summed E-state index contributed by atoms with van der Waals surface area (Å²) >= 11 is 0. The summed E-state index contributed by atoms with van der Waals surface area (Å²) < 4.78 is 5.46. The summed E-state index contributed by atoms with van der Waals surface area (Å²) in [5.41, 5.74) is 0.661. The molecule has 0 unspecified atom stereocenters. The number of carbonyl (C=O) groups excluding carboxylic acids is 1. The zero-order chi connectivity index (χ0) is 14.0. The van der Waals surface area contributed by atoms with E-state index in [1.165, 1.54) is 0 Å². The fourth-order valence-corrected chi connectivity index (χ4v) is 3.41. The van der Waals surface area contributed by atoms with E-state index in [9.17, 15) is 4.79 Å². The van der Waals surface area contributed by atoms with E-state index >= 15 is 0 Å². The van der Waals surface area contributed by atoms with Gasteiger partial charge in [-0.1, -0.05) is 58.0 Å². The quantitative estimate of drug-likeness (QED) is 0.770. The molecule has 1 aromatic carbocycles. The number of ether oxygens (including phenoxy) is 1. The summed E-state index contributed by atoms with van der Waals surface area (Å²) in [4.78, 5) is 12.5. The van der Waals surface area contributed by atoms with Crippen LogP contribution in [0.2, 0.25) is 0 Å². The fourth-order valence-electron chi connectivity index (χ4n) is 3.41. The summed E-state index contributed by atoms with van der Waals surface area (Å²) in [5.74, 6) is 1.13. The van der Waals surface area contributed by atoms with Crippen LogP contribution in [0.1, 0.15) is 39.7 Å². The van der Waals surface area contributed by atoms with Gasteiger partial charge in [0.15, 0.2) is 0 Å². The molecule has 2 nitrogen and oxygen atoms in total. The van der Waals surface area contributed by atoms with Crippen molar-refractivity contribution in [1.82, 2.24) is 0 Å². The van der Waals surface area contributed by atoms with Gasteiger partial charge in [-0.15, -0.1) is 0 Å². The standard InChI is InChI=1S/C17H24O2/c1-12(2)10-17(14-8-6-5-7-9-14)15(13(3)4)11-19-16(17)18/h5-9,12-13,15H,10-11H2,1-4H3/t15-,17-/m0/s1. The first-order valence-electron chi connectivity index (χ1n) is 7.21. The molecule has 2 rings (SSSR count). The molecule has 0 N–H and O–H groups in total. The predicted octanol–water partition coefficient (Wildman–Crippen LogP) is 3.80. The van der Waals surface area contributed by atoms with Gasteiger partial charge in [0.2, 0.25) is 0 Å². The maximum atomic E-state index is 12.5. The Labute approximate surface area is 116 Å². The minimum Gasteiger partial charge on any atom is -0.465 e. The smallest absolute Gasteiger partial charge is 0.317 e. The SMILES string of the molecule is CC(C)C[C@@]1(c2ccccc2)C(=O)OC[C@H]1C(C)C. The molecular weight excluding hydrogens is 236 g/mol. The highest BCUT2D eigenvalue weighted by Crippen LogP contribution is 2.46. The van der Waals surface area contributed by atoms with Crippen molar-refractivity contribution in [3.63, 3.8) is 0 Å². The first kappa shape index (κ1) is 14.1. The number of hydrogen-bond donors (Lipinski definition) is 0. The monoisotopic (exact) mass is 260 g/mol. The minimum atomic E-state index is -0.455. The van der Waals surface area contributed by atoms with Crippen LogP contribution in [0.25, 0.3) is 0 Å². The molecule has 0 aromatic heterocycles. The predicted molar refractivity (Wildman–Crippen MR) is 76.9 cm³/mol. The van der Waals surface area contributed by atoms with Gasteiger partial charge in [-0.3, -0.25) is 4.79 Å². The van der Waals surface area contributed by atoms with Crippen molar-refractivity contribution < 1.29 is 9.53 Å². The number of carbonyl (C=O) groups is 1. The first-order chi connectivity index (χ1) is 8.98. The van der Waals surface area contributed by atoms with Crippen LogP contribution < -0.4 is 0 Å². The van der Waals surface area contributed by atoms with Gasteiger partial charge < -0.3 is 4.74 Å². The van der Waals surface area contributed by atoms with E-state index in [4.69, 9.17) is 4.74 Å². The summed E-state index contributed by atoms with van der Waals surface area (Å²) in [6.45, 7) is 9.27. The molecule has 19 heavy (non-hydrogen) atoms. The van der Waals surface area contributed by atoms with Crippen LogP contribution in [0.5, 0.6) is 0 Å². The Morgan fingerprint density at radius 1 is 1.21 bits per heavy atom. The molecule has 2 heteroatoms. The molecule has 1 heterocycles. The van der Waals surface area contributed by atoms with Gasteiger partial charge in [0.05, 0.1) is 12.0 Å². The third-order valence-electron chi connectivity index (χ3n) is 4.22. The van der Waals surface area contributed by atoms with Crippen LogP contribution in [0.15, 0.2) is 30.3 Å². The Morgan fingerprint density at radius 3 is 2.37 bits per heavy atom. The third-order valence-corrected chi connectivity index (χ3v) is 4.22. The lowest BCUT2D eigenvalue weighted by Gasteiger charge is -2.35.